The normalized spacial score (nSPS) is 0. The first kappa shape index (κ1) is 86.6. The molecule has 0 amide bonds. The van der Waals surface area contributed by atoms with Crippen LogP contribution >= 0.6 is 0 Å². The molecular formula is Cl6Tm2. The maximum absolute atomic E-state index is 0. The number of hydrogen-bond acceptors (Lipinski definition) is 0. The van der Waals surface area contributed by atoms with Crippen molar-refractivity contribution in [3.8, 4) is 0 Å². The third-order valence-electron chi connectivity index (χ3n) is 0. The molecule has 68 valence electrons. The molecule has 0 atom stereocenters. The molecule has 0 fully saturated rings. The van der Waals surface area contributed by atoms with Gasteiger partial charge in [0.2, 0.25) is 0 Å². The van der Waals surface area contributed by atoms with Crippen LogP contribution in [0.2, 0.25) is 0 Å². The Kier molecular flexibility index (Phi) is 714. The van der Waals surface area contributed by atoms with Crippen LogP contribution < -0.4 is 74.4 Å². The summed E-state index contributed by atoms with van der Waals surface area (Å²) in [5, 5.41) is 0. The third kappa shape index (κ3) is 48.9. The molecule has 0 N–H and O–H groups in total. The zero-order valence-electron chi connectivity index (χ0n) is 2.82. The molecule has 0 bridgehead atoms. The Labute approximate surface area is 145 Å². The molecule has 0 rings (SSSR count). The van der Waals surface area contributed by atoms with Gasteiger partial charge in [0.25, 0.3) is 0 Å². The second kappa shape index (κ2) is 66.0. The molecule has 0 saturated carbocycles. The molecular weight excluding hydrogens is 551 g/mol. The third-order valence-corrected chi connectivity index (χ3v) is 0. The molecule has 0 aliphatic heterocycles. The van der Waals surface area contributed by atoms with Gasteiger partial charge in [-0.05, 0) is 0 Å². The van der Waals surface area contributed by atoms with E-state index in [9.17, 15) is 0 Å². The van der Waals surface area contributed by atoms with Crippen LogP contribution in [0, 0.1) is 73.7 Å². The Balaban J connectivity index is 0. The number of halogens is 6. The first-order valence-electron chi connectivity index (χ1n) is 0. The van der Waals surface area contributed by atoms with Crippen LogP contribution in [0.1, 0.15) is 0 Å². The molecule has 0 aliphatic carbocycles. The minimum Gasteiger partial charge on any atom is -1.00 e. The van der Waals surface area contributed by atoms with Crippen molar-refractivity contribution < 1.29 is 148 Å². The Bertz CT molecular complexity index is 6.49. The first-order chi connectivity index (χ1) is 0. The van der Waals surface area contributed by atoms with E-state index in [1.807, 2.05) is 0 Å². The standard InChI is InChI=1S/6ClH.2Tm/h6*1H;;/q;;;;;;2*+3/p-6. The van der Waals surface area contributed by atoms with Crippen molar-refractivity contribution in [1.82, 2.24) is 0 Å². The summed E-state index contributed by atoms with van der Waals surface area (Å²) in [4.78, 5) is 0. The predicted octanol–water partition coefficient (Wildman–Crippen LogP) is -18.0. The molecule has 0 saturated heterocycles. The Morgan fingerprint density at radius 1 is 0.250 bits per heavy atom. The Hall–Kier alpha value is 4.21. The van der Waals surface area contributed by atoms with Gasteiger partial charge in [-0.3, -0.25) is 0 Å². The molecule has 8 heavy (non-hydrogen) atoms. The fourth-order valence-electron chi connectivity index (χ4n) is 0. The van der Waals surface area contributed by atoms with Gasteiger partial charge in [0.1, 0.15) is 0 Å². The molecule has 0 aliphatic rings. The molecule has 0 aromatic carbocycles. The largest absolute Gasteiger partial charge is 3.00 e. The minimum atomic E-state index is 0. The van der Waals surface area contributed by atoms with Crippen LogP contribution in [0.5, 0.6) is 0 Å². The summed E-state index contributed by atoms with van der Waals surface area (Å²) in [6.07, 6.45) is 0. The van der Waals surface area contributed by atoms with Crippen molar-refractivity contribution in [2.24, 2.45) is 0 Å². The van der Waals surface area contributed by atoms with Crippen molar-refractivity contribution in [2.75, 3.05) is 0 Å². The predicted molar refractivity (Wildman–Crippen MR) is 0 cm³/mol. The van der Waals surface area contributed by atoms with Crippen LogP contribution in [0.25, 0.3) is 0 Å². The fraction of sp³-hybridized carbons (Fsp3) is 0. The van der Waals surface area contributed by atoms with Crippen LogP contribution in [0.15, 0.2) is 0 Å². The van der Waals surface area contributed by atoms with E-state index in [1.165, 1.54) is 0 Å². The van der Waals surface area contributed by atoms with E-state index in [-0.39, 0.29) is 148 Å². The molecule has 0 aromatic heterocycles. The maximum atomic E-state index is 0. The van der Waals surface area contributed by atoms with Gasteiger partial charge in [-0.1, -0.05) is 0 Å². The second-order valence-corrected chi connectivity index (χ2v) is 0. The average molecular weight is 551 g/mol. The summed E-state index contributed by atoms with van der Waals surface area (Å²) in [5.74, 6) is 0. The van der Waals surface area contributed by atoms with Gasteiger partial charge in [0.05, 0.1) is 0 Å². The van der Waals surface area contributed by atoms with Crippen molar-refractivity contribution in [2.45, 2.75) is 0 Å². The molecule has 0 nitrogen and oxygen atoms in total. The molecule has 0 unspecified atom stereocenters. The number of rotatable bonds is 0. The van der Waals surface area contributed by atoms with Gasteiger partial charge < -0.3 is 74.4 Å². The van der Waals surface area contributed by atoms with Gasteiger partial charge >= 0.3 is 73.7 Å². The summed E-state index contributed by atoms with van der Waals surface area (Å²) >= 11 is 0. The van der Waals surface area contributed by atoms with E-state index in [0.717, 1.165) is 0 Å². The van der Waals surface area contributed by atoms with Crippen LogP contribution in [0.3, 0.4) is 0 Å². The van der Waals surface area contributed by atoms with Crippen molar-refractivity contribution in [1.29, 1.82) is 0 Å². The van der Waals surface area contributed by atoms with Gasteiger partial charge in [-0.2, -0.15) is 0 Å². The van der Waals surface area contributed by atoms with Gasteiger partial charge in [-0.15, -0.1) is 0 Å². The summed E-state index contributed by atoms with van der Waals surface area (Å²) in [7, 11) is 0. The first-order valence-corrected chi connectivity index (χ1v) is 0. The molecule has 0 aromatic rings. The summed E-state index contributed by atoms with van der Waals surface area (Å²) in [5.41, 5.74) is 0. The maximum Gasteiger partial charge on any atom is 3.00 e. The van der Waals surface area contributed by atoms with E-state index < -0.39 is 0 Å². The quantitative estimate of drug-likeness (QED) is 0.281. The van der Waals surface area contributed by atoms with Crippen LogP contribution in [-0.2, 0) is 0 Å². The van der Waals surface area contributed by atoms with Crippen molar-refractivity contribution >= 4 is 0 Å². The molecule has 8 heteroatoms. The van der Waals surface area contributed by atoms with E-state index >= 15 is 0 Å². The Morgan fingerprint density at radius 2 is 0.250 bits per heavy atom. The SMILES string of the molecule is [Cl-].[Cl-].[Cl-].[Cl-].[Cl-].[Cl-].[Tm+3].[Tm+3]. The molecule has 0 heterocycles. The van der Waals surface area contributed by atoms with E-state index in [4.69, 9.17) is 0 Å². The van der Waals surface area contributed by atoms with E-state index in [1.54, 1.807) is 0 Å². The Morgan fingerprint density at radius 3 is 0.250 bits per heavy atom. The summed E-state index contributed by atoms with van der Waals surface area (Å²) in [6, 6.07) is 0. The fourth-order valence-corrected chi connectivity index (χ4v) is 0. The zero-order valence-corrected chi connectivity index (χ0v) is 10.9. The van der Waals surface area contributed by atoms with Gasteiger partial charge in [0, 0.05) is 0 Å². The van der Waals surface area contributed by atoms with Gasteiger partial charge in [-0.25, -0.2) is 0 Å². The van der Waals surface area contributed by atoms with Crippen LogP contribution in [0.4, 0.5) is 0 Å². The van der Waals surface area contributed by atoms with Crippen molar-refractivity contribution in [3.63, 3.8) is 0 Å². The second-order valence-electron chi connectivity index (χ2n) is 0. The summed E-state index contributed by atoms with van der Waals surface area (Å²) in [6.45, 7) is 0. The smallest absolute Gasteiger partial charge is 1.00 e. The monoisotopic (exact) mass is 548 g/mol. The topological polar surface area (TPSA) is 0 Å². The van der Waals surface area contributed by atoms with Crippen LogP contribution in [-0.4, -0.2) is 0 Å². The average Bonchev–Trinajstić information content (AvgIpc) is 0. The summed E-state index contributed by atoms with van der Waals surface area (Å²) < 4.78 is 0. The van der Waals surface area contributed by atoms with E-state index in [2.05, 4.69) is 0 Å². The van der Waals surface area contributed by atoms with E-state index in [0.29, 0.717) is 0 Å². The molecule has 0 radical (unpaired) electrons. The minimum absolute atomic E-state index is 0. The van der Waals surface area contributed by atoms with Gasteiger partial charge in [0.15, 0.2) is 0 Å². The molecule has 0 spiro atoms. The zero-order chi connectivity index (χ0) is 0. The van der Waals surface area contributed by atoms with Crippen molar-refractivity contribution in [3.05, 3.63) is 0 Å². The number of hydrogen-bond donors (Lipinski definition) is 0.